The molecule has 0 rings (SSSR count). The van der Waals surface area contributed by atoms with Gasteiger partial charge in [0, 0.05) is 0 Å². The molecule has 0 heterocycles. The Hall–Kier alpha value is -1.00. The van der Waals surface area contributed by atoms with E-state index in [9.17, 15) is 0 Å². The van der Waals surface area contributed by atoms with Gasteiger partial charge in [-0.3, -0.25) is 0 Å². The predicted molar refractivity (Wildman–Crippen MR) is 51.5 cm³/mol. The fraction of sp³-hybridized carbons (Fsp3) is 0.364. The lowest BCUT2D eigenvalue weighted by Gasteiger charge is -1.86. The zero-order valence-corrected chi connectivity index (χ0v) is 7.43. The fourth-order valence-corrected chi connectivity index (χ4v) is 0.635. The van der Waals surface area contributed by atoms with Crippen LogP contribution in [0.1, 0.15) is 26.7 Å². The maximum atomic E-state index is 3.81. The van der Waals surface area contributed by atoms with E-state index in [4.69, 9.17) is 0 Å². The van der Waals surface area contributed by atoms with Crippen LogP contribution in [-0.2, 0) is 0 Å². The van der Waals surface area contributed by atoms with Crippen LogP contribution in [0, 0.1) is 0 Å². The van der Waals surface area contributed by atoms with Crippen molar-refractivity contribution in [1.82, 2.24) is 0 Å². The Morgan fingerprint density at radius 3 is 2.73 bits per heavy atom. The smallest absolute Gasteiger partial charge is 0.00929 e. The molecule has 0 fully saturated rings. The number of hydrogen-bond acceptors (Lipinski definition) is 0. The molecule has 0 heteroatoms. The van der Waals surface area contributed by atoms with Crippen molar-refractivity contribution in [3.8, 4) is 0 Å². The van der Waals surface area contributed by atoms with E-state index in [2.05, 4.69) is 24.5 Å². The molecule has 0 aromatic heterocycles. The van der Waals surface area contributed by atoms with Gasteiger partial charge in [-0.15, -0.1) is 5.73 Å². The largest absolute Gasteiger partial charge is 0.130 e. The molecular weight excluding hydrogens is 132 g/mol. The van der Waals surface area contributed by atoms with E-state index in [0.29, 0.717) is 0 Å². The van der Waals surface area contributed by atoms with E-state index in [1.807, 2.05) is 26.0 Å². The van der Waals surface area contributed by atoms with E-state index in [1.165, 1.54) is 5.57 Å². The van der Waals surface area contributed by atoms with Crippen LogP contribution in [0.3, 0.4) is 0 Å². The molecule has 0 aliphatic carbocycles. The van der Waals surface area contributed by atoms with Crippen LogP contribution in [0.5, 0.6) is 0 Å². The molecule has 0 N–H and O–H groups in total. The van der Waals surface area contributed by atoms with Gasteiger partial charge in [0.15, 0.2) is 0 Å². The Kier molecular flexibility index (Phi) is 6.46. The van der Waals surface area contributed by atoms with Crippen LogP contribution in [0.25, 0.3) is 0 Å². The van der Waals surface area contributed by atoms with Crippen molar-refractivity contribution in [2.45, 2.75) is 26.7 Å². The van der Waals surface area contributed by atoms with Gasteiger partial charge >= 0.3 is 0 Å². The lowest BCUT2D eigenvalue weighted by atomic mass is 10.2. The predicted octanol–water partition coefficient (Wildman–Crippen LogP) is 3.63. The summed E-state index contributed by atoms with van der Waals surface area (Å²) in [4.78, 5) is 0. The summed E-state index contributed by atoms with van der Waals surface area (Å²) in [6.07, 6.45) is 10.1. The summed E-state index contributed by atoms with van der Waals surface area (Å²) in [5, 5.41) is 0. The maximum Gasteiger partial charge on any atom is -0.00929 e. The molecule has 60 valence electrons. The summed E-state index contributed by atoms with van der Waals surface area (Å²) in [6.45, 7) is 7.81. The van der Waals surface area contributed by atoms with Gasteiger partial charge in [-0.05, 0) is 38.8 Å². The molecule has 0 atom stereocenters. The molecule has 0 aromatic rings. The minimum absolute atomic E-state index is 0.970. The Bertz CT molecular complexity index is 188. The van der Waals surface area contributed by atoms with Crippen molar-refractivity contribution in [3.05, 3.63) is 42.2 Å². The van der Waals surface area contributed by atoms with E-state index in [1.54, 1.807) is 0 Å². The number of rotatable bonds is 4. The number of allylic oxidation sites excluding steroid dienone is 4. The average Bonchev–Trinajstić information content (AvgIpc) is 1.96. The summed E-state index contributed by atoms with van der Waals surface area (Å²) < 4.78 is 0. The fourth-order valence-electron chi connectivity index (χ4n) is 0.635. The molecule has 11 heavy (non-hydrogen) atoms. The summed E-state index contributed by atoms with van der Waals surface area (Å²) in [5.41, 5.74) is 4.22. The lowest BCUT2D eigenvalue weighted by molar-refractivity contribution is 1.21. The molecule has 0 saturated carbocycles. The molecule has 0 spiro atoms. The second-order valence-electron chi connectivity index (χ2n) is 2.53. The molecule has 0 unspecified atom stereocenters. The van der Waals surface area contributed by atoms with Gasteiger partial charge < -0.3 is 0 Å². The first kappa shape index (κ1) is 10.0. The third-order valence-corrected chi connectivity index (χ3v) is 1.17. The summed E-state index contributed by atoms with van der Waals surface area (Å²) in [7, 11) is 0. The van der Waals surface area contributed by atoms with E-state index < -0.39 is 0 Å². The Morgan fingerprint density at radius 2 is 2.18 bits per heavy atom. The van der Waals surface area contributed by atoms with Crippen molar-refractivity contribution in [3.63, 3.8) is 0 Å². The third kappa shape index (κ3) is 9.00. The first-order chi connectivity index (χ1) is 5.27. The quantitative estimate of drug-likeness (QED) is 0.422. The van der Waals surface area contributed by atoms with Gasteiger partial charge in [-0.1, -0.05) is 24.3 Å². The standard InChI is InChI=1S/C11H16/c1-4-5-6-7-8-9-10-11(2)3/h4,6,8-9H,2,7,10H2,1,3H3. The zero-order chi connectivity index (χ0) is 8.53. The van der Waals surface area contributed by atoms with E-state index >= 15 is 0 Å². The van der Waals surface area contributed by atoms with Crippen LogP contribution >= 0.6 is 0 Å². The Morgan fingerprint density at radius 1 is 1.45 bits per heavy atom. The monoisotopic (exact) mass is 148 g/mol. The van der Waals surface area contributed by atoms with Crippen LogP contribution < -0.4 is 0 Å². The summed E-state index contributed by atoms with van der Waals surface area (Å²) in [5.74, 6) is 0. The zero-order valence-electron chi connectivity index (χ0n) is 7.43. The SMILES string of the molecule is C=C(C)CC=CCC=C=CC. The highest BCUT2D eigenvalue weighted by Gasteiger charge is 1.76. The van der Waals surface area contributed by atoms with Crippen LogP contribution in [0.15, 0.2) is 42.2 Å². The van der Waals surface area contributed by atoms with Gasteiger partial charge in [-0.2, -0.15) is 0 Å². The molecule has 0 aliphatic rings. The van der Waals surface area contributed by atoms with Crippen molar-refractivity contribution >= 4 is 0 Å². The number of hydrogen-bond donors (Lipinski definition) is 0. The first-order valence-electron chi connectivity index (χ1n) is 3.92. The van der Waals surface area contributed by atoms with Crippen molar-refractivity contribution < 1.29 is 0 Å². The van der Waals surface area contributed by atoms with Gasteiger partial charge in [-0.25, -0.2) is 0 Å². The first-order valence-corrected chi connectivity index (χ1v) is 3.92. The maximum absolute atomic E-state index is 3.81. The minimum Gasteiger partial charge on any atom is -0.130 e. The molecule has 0 saturated heterocycles. The topological polar surface area (TPSA) is 0 Å². The van der Waals surface area contributed by atoms with E-state index in [0.717, 1.165) is 12.8 Å². The second kappa shape index (κ2) is 7.11. The van der Waals surface area contributed by atoms with E-state index in [-0.39, 0.29) is 0 Å². The molecular formula is C11H16. The molecule has 0 radical (unpaired) electrons. The van der Waals surface area contributed by atoms with Crippen LogP contribution in [0.2, 0.25) is 0 Å². The minimum atomic E-state index is 0.970. The van der Waals surface area contributed by atoms with Gasteiger partial charge in [0.05, 0.1) is 0 Å². The highest BCUT2D eigenvalue weighted by molar-refractivity contribution is 5.00. The molecule has 0 aliphatic heterocycles. The molecule has 0 amide bonds. The highest BCUT2D eigenvalue weighted by atomic mass is 13.8. The normalized spacial score (nSPS) is 9.27. The lowest BCUT2D eigenvalue weighted by Crippen LogP contribution is -1.66. The molecule has 0 nitrogen and oxygen atoms in total. The summed E-state index contributed by atoms with van der Waals surface area (Å²) in [6, 6.07) is 0. The second-order valence-corrected chi connectivity index (χ2v) is 2.53. The Balaban J connectivity index is 3.45. The van der Waals surface area contributed by atoms with Crippen molar-refractivity contribution in [1.29, 1.82) is 0 Å². The molecule has 0 bridgehead atoms. The highest BCUT2D eigenvalue weighted by Crippen LogP contribution is 1.97. The van der Waals surface area contributed by atoms with Crippen LogP contribution in [-0.4, -0.2) is 0 Å². The van der Waals surface area contributed by atoms with Crippen LogP contribution in [0.4, 0.5) is 0 Å². The average molecular weight is 148 g/mol. The Labute approximate surface area is 69.6 Å². The van der Waals surface area contributed by atoms with Gasteiger partial charge in [0.2, 0.25) is 0 Å². The summed E-state index contributed by atoms with van der Waals surface area (Å²) >= 11 is 0. The third-order valence-electron chi connectivity index (χ3n) is 1.17. The van der Waals surface area contributed by atoms with Gasteiger partial charge in [0.25, 0.3) is 0 Å². The molecule has 0 aromatic carbocycles. The van der Waals surface area contributed by atoms with Crippen molar-refractivity contribution in [2.75, 3.05) is 0 Å². The van der Waals surface area contributed by atoms with Crippen molar-refractivity contribution in [2.24, 2.45) is 0 Å². The van der Waals surface area contributed by atoms with Gasteiger partial charge in [0.1, 0.15) is 0 Å².